The Morgan fingerprint density at radius 3 is 2.07 bits per heavy atom. The molecule has 0 bridgehead atoms. The topological polar surface area (TPSA) is 70.0 Å². The fourth-order valence-electron chi connectivity index (χ4n) is 2.43. The molecule has 0 fully saturated rings. The van der Waals surface area contributed by atoms with Crippen molar-refractivity contribution in [3.63, 3.8) is 0 Å². The molecule has 0 saturated heterocycles. The zero-order valence-electron chi connectivity index (χ0n) is 16.2. The quantitative estimate of drug-likeness (QED) is 0.698. The van der Waals surface area contributed by atoms with E-state index in [1.165, 1.54) is 6.07 Å². The lowest BCUT2D eigenvalue weighted by Crippen LogP contribution is -2.28. The van der Waals surface area contributed by atoms with Crippen molar-refractivity contribution < 1.29 is 19.7 Å². The summed E-state index contributed by atoms with van der Waals surface area (Å²) in [7, 11) is 0. The van der Waals surface area contributed by atoms with Crippen LogP contribution in [0.25, 0.3) is 0 Å². The molecule has 0 heterocycles. The normalized spacial score (nSPS) is 11.0. The molecule has 0 aliphatic rings. The molecule has 1 unspecified atom stereocenters. The summed E-state index contributed by atoms with van der Waals surface area (Å²) in [4.78, 5) is 12.8. The molecule has 2 rings (SSSR count). The predicted octanol–water partition coefficient (Wildman–Crippen LogP) is 4.27. The number of likely N-dealkylation sites (N-methyl/N-ethyl adjacent to an activating group) is 1. The van der Waals surface area contributed by atoms with Crippen LogP contribution in [0.5, 0.6) is 5.75 Å². The van der Waals surface area contributed by atoms with Crippen LogP contribution in [-0.4, -0.2) is 47.3 Å². The maximum atomic E-state index is 10.6. The Bertz CT molecular complexity index is 648. The number of benzene rings is 2. The first-order chi connectivity index (χ1) is 12.5. The first-order valence-corrected chi connectivity index (χ1v) is 8.93. The van der Waals surface area contributed by atoms with E-state index in [1.807, 2.05) is 37.3 Å². The minimum atomic E-state index is -0.959. The van der Waals surface area contributed by atoms with Gasteiger partial charge in [0, 0.05) is 6.54 Å². The Balaban J connectivity index is 0.000000488. The van der Waals surface area contributed by atoms with E-state index in [9.17, 15) is 9.90 Å². The lowest BCUT2D eigenvalue weighted by atomic mass is 10.1. The lowest BCUT2D eigenvalue weighted by Gasteiger charge is -2.21. The minimum Gasteiger partial charge on any atom is -0.493 e. The van der Waals surface area contributed by atoms with Gasteiger partial charge in [-0.2, -0.15) is 0 Å². The number of carboxylic acids is 1. The van der Waals surface area contributed by atoms with Gasteiger partial charge in [0.25, 0.3) is 0 Å². The predicted molar refractivity (Wildman–Crippen MR) is 111 cm³/mol. The maximum absolute atomic E-state index is 10.6. The van der Waals surface area contributed by atoms with Gasteiger partial charge in [0.1, 0.15) is 11.3 Å². The molecular formula is C21H30ClNO4. The summed E-state index contributed by atoms with van der Waals surface area (Å²) in [6.07, 6.45) is -0.365. The van der Waals surface area contributed by atoms with Gasteiger partial charge in [-0.1, -0.05) is 56.3 Å². The highest BCUT2D eigenvalue weighted by Gasteiger charge is 2.10. The fraction of sp³-hybridized carbons (Fsp3) is 0.381. The third-order valence-corrected chi connectivity index (χ3v) is 3.93. The van der Waals surface area contributed by atoms with Crippen LogP contribution in [0.15, 0.2) is 54.6 Å². The van der Waals surface area contributed by atoms with Gasteiger partial charge >= 0.3 is 5.97 Å². The van der Waals surface area contributed by atoms with Crippen LogP contribution < -0.4 is 4.74 Å². The summed E-state index contributed by atoms with van der Waals surface area (Å²) in [6.45, 7) is 9.21. The fourth-order valence-corrected chi connectivity index (χ4v) is 2.43. The van der Waals surface area contributed by atoms with Crippen molar-refractivity contribution >= 4 is 18.4 Å². The van der Waals surface area contributed by atoms with E-state index in [-0.39, 0.29) is 24.1 Å². The van der Waals surface area contributed by atoms with Gasteiger partial charge in [0.05, 0.1) is 12.7 Å². The number of hydrogen-bond acceptors (Lipinski definition) is 4. The van der Waals surface area contributed by atoms with Crippen molar-refractivity contribution in [1.82, 2.24) is 4.90 Å². The molecular weight excluding hydrogens is 366 g/mol. The van der Waals surface area contributed by atoms with Crippen molar-refractivity contribution in [3.8, 4) is 5.75 Å². The van der Waals surface area contributed by atoms with Crippen LogP contribution in [0, 0.1) is 0 Å². The standard InChI is InChI=1S/C12H19NO.C9H10O3.ClH/c1-3-13(4-2)10-12(14)11-8-6-5-7-9-11;1-2-12-8-6-4-3-5-7(8)9(10)11;/h5-9,12,14H,3-4,10H2,1-2H3;3-6H,2H2,1H3,(H,10,11);1H. The SMILES string of the molecule is CCN(CC)CC(O)c1ccccc1.CCOc1ccccc1C(=O)O.Cl. The van der Waals surface area contributed by atoms with E-state index in [0.717, 1.165) is 25.2 Å². The first-order valence-electron chi connectivity index (χ1n) is 8.93. The van der Waals surface area contributed by atoms with Crippen LogP contribution in [0.3, 0.4) is 0 Å². The van der Waals surface area contributed by atoms with E-state index in [2.05, 4.69) is 18.7 Å². The highest BCUT2D eigenvalue weighted by atomic mass is 35.5. The van der Waals surface area contributed by atoms with Crippen LogP contribution in [-0.2, 0) is 0 Å². The molecule has 2 aromatic rings. The molecule has 2 aromatic carbocycles. The van der Waals surface area contributed by atoms with Crippen molar-refractivity contribution in [2.45, 2.75) is 26.9 Å². The summed E-state index contributed by atoms with van der Waals surface area (Å²) < 4.78 is 5.12. The molecule has 0 aliphatic carbocycles. The number of aliphatic hydroxyl groups excluding tert-OH is 1. The largest absolute Gasteiger partial charge is 0.493 e. The molecule has 1 atom stereocenters. The molecule has 0 amide bonds. The zero-order chi connectivity index (χ0) is 19.4. The summed E-state index contributed by atoms with van der Waals surface area (Å²) in [5.41, 5.74) is 1.21. The molecule has 0 spiro atoms. The van der Waals surface area contributed by atoms with Crippen LogP contribution in [0.4, 0.5) is 0 Å². The molecule has 0 aliphatic heterocycles. The summed E-state index contributed by atoms with van der Waals surface area (Å²) in [6, 6.07) is 16.4. The van der Waals surface area contributed by atoms with Gasteiger partial charge in [-0.3, -0.25) is 0 Å². The molecule has 27 heavy (non-hydrogen) atoms. The van der Waals surface area contributed by atoms with Gasteiger partial charge in [0.15, 0.2) is 0 Å². The molecule has 6 heteroatoms. The second-order valence-electron chi connectivity index (χ2n) is 5.65. The number of nitrogens with zero attached hydrogens (tertiary/aromatic N) is 1. The van der Waals surface area contributed by atoms with Gasteiger partial charge in [-0.25, -0.2) is 4.79 Å². The number of carbonyl (C=O) groups is 1. The first kappa shape index (κ1) is 24.9. The Hall–Kier alpha value is -2.08. The van der Waals surface area contributed by atoms with Gasteiger partial charge in [-0.15, -0.1) is 12.4 Å². The van der Waals surface area contributed by atoms with Gasteiger partial charge in [-0.05, 0) is 37.7 Å². The zero-order valence-corrected chi connectivity index (χ0v) is 17.0. The Morgan fingerprint density at radius 1 is 1.00 bits per heavy atom. The number of para-hydroxylation sites is 1. The van der Waals surface area contributed by atoms with Crippen molar-refractivity contribution in [2.75, 3.05) is 26.2 Å². The summed E-state index contributed by atoms with van der Waals surface area (Å²) in [5, 5.41) is 18.6. The molecule has 150 valence electrons. The van der Waals surface area contributed by atoms with E-state index in [4.69, 9.17) is 9.84 Å². The number of ether oxygens (including phenoxy) is 1. The maximum Gasteiger partial charge on any atom is 0.339 e. The highest BCUT2D eigenvalue weighted by Crippen LogP contribution is 2.17. The summed E-state index contributed by atoms with van der Waals surface area (Å²) >= 11 is 0. The third kappa shape index (κ3) is 8.91. The molecule has 5 nitrogen and oxygen atoms in total. The van der Waals surface area contributed by atoms with E-state index >= 15 is 0 Å². The van der Waals surface area contributed by atoms with E-state index in [1.54, 1.807) is 18.2 Å². The Kier molecular flexibility index (Phi) is 13.0. The number of aromatic carboxylic acids is 1. The van der Waals surface area contributed by atoms with Crippen molar-refractivity contribution in [2.24, 2.45) is 0 Å². The second-order valence-corrected chi connectivity index (χ2v) is 5.65. The van der Waals surface area contributed by atoms with E-state index < -0.39 is 5.97 Å². The molecule has 0 radical (unpaired) electrons. The monoisotopic (exact) mass is 395 g/mol. The third-order valence-electron chi connectivity index (χ3n) is 3.93. The summed E-state index contributed by atoms with van der Waals surface area (Å²) in [5.74, 6) is -0.536. The molecule has 2 N–H and O–H groups in total. The van der Waals surface area contributed by atoms with E-state index in [0.29, 0.717) is 12.4 Å². The van der Waals surface area contributed by atoms with Gasteiger partial charge < -0.3 is 19.8 Å². The molecule has 0 saturated carbocycles. The highest BCUT2D eigenvalue weighted by molar-refractivity contribution is 5.90. The van der Waals surface area contributed by atoms with Crippen molar-refractivity contribution in [1.29, 1.82) is 0 Å². The minimum absolute atomic E-state index is 0. The van der Waals surface area contributed by atoms with Gasteiger partial charge in [0.2, 0.25) is 0 Å². The Morgan fingerprint density at radius 2 is 1.56 bits per heavy atom. The average molecular weight is 396 g/mol. The van der Waals surface area contributed by atoms with Crippen LogP contribution in [0.2, 0.25) is 0 Å². The lowest BCUT2D eigenvalue weighted by molar-refractivity contribution is 0.0692. The van der Waals surface area contributed by atoms with Crippen LogP contribution >= 0.6 is 12.4 Å². The number of carboxylic acid groups (broad SMARTS) is 1. The van der Waals surface area contributed by atoms with Crippen molar-refractivity contribution in [3.05, 3.63) is 65.7 Å². The number of aliphatic hydroxyl groups is 1. The number of halogens is 1. The smallest absolute Gasteiger partial charge is 0.339 e. The van der Waals surface area contributed by atoms with Crippen LogP contribution in [0.1, 0.15) is 42.8 Å². The number of rotatable bonds is 8. The Labute approximate surface area is 168 Å². The molecule has 0 aromatic heterocycles. The second kappa shape index (κ2) is 14.0. The average Bonchev–Trinajstić information content (AvgIpc) is 2.67. The number of hydrogen-bond donors (Lipinski definition) is 2.